The number of hydrogen-bond acceptors (Lipinski definition) is 10. The maximum atomic E-state index is 12.9. The summed E-state index contributed by atoms with van der Waals surface area (Å²) in [5.41, 5.74) is 6.29. The summed E-state index contributed by atoms with van der Waals surface area (Å²) in [5, 5.41) is 12.9. The minimum atomic E-state index is -0.692. The van der Waals surface area contributed by atoms with E-state index in [9.17, 15) is 19.2 Å². The lowest BCUT2D eigenvalue weighted by atomic mass is 10.0. The first-order valence-electron chi connectivity index (χ1n) is 16.0. The molecule has 4 N–H and O–H groups in total. The van der Waals surface area contributed by atoms with E-state index in [0.717, 1.165) is 43.4 Å². The fraction of sp³-hybridized carbons (Fsp3) is 0.222. The van der Waals surface area contributed by atoms with E-state index in [-0.39, 0.29) is 43.7 Å². The molecule has 2 aromatic heterocycles. The van der Waals surface area contributed by atoms with E-state index in [2.05, 4.69) is 26.3 Å². The number of rotatable bonds is 11. The van der Waals surface area contributed by atoms with Crippen molar-refractivity contribution in [3.05, 3.63) is 89.1 Å². The molecule has 4 heterocycles. The minimum absolute atomic E-state index is 0.144. The Labute approximate surface area is 296 Å². The third-order valence-electron chi connectivity index (χ3n) is 8.56. The summed E-state index contributed by atoms with van der Waals surface area (Å²) >= 11 is 8.27. The van der Waals surface area contributed by atoms with Gasteiger partial charge >= 0.3 is 0 Å². The van der Waals surface area contributed by atoms with Crippen molar-refractivity contribution in [3.63, 3.8) is 0 Å². The molecule has 3 aromatic carbocycles. The zero-order chi connectivity index (χ0) is 34.8. The lowest BCUT2D eigenvalue weighted by Gasteiger charge is -2.29. The average Bonchev–Trinajstić information content (AvgIpc) is 3.68. The van der Waals surface area contributed by atoms with E-state index in [1.807, 2.05) is 61.8 Å². The van der Waals surface area contributed by atoms with Gasteiger partial charge in [-0.05, 0) is 78.2 Å². The first-order valence-corrected chi connectivity index (χ1v) is 17.2. The third kappa shape index (κ3) is 7.01. The van der Waals surface area contributed by atoms with Crippen LogP contribution in [-0.2, 0) is 25.7 Å². The maximum Gasteiger partial charge on any atom is 0.255 e. The van der Waals surface area contributed by atoms with Crippen molar-refractivity contribution in [2.75, 3.05) is 42.8 Å². The molecule has 254 valence electrons. The molecule has 50 heavy (non-hydrogen) atoms. The van der Waals surface area contributed by atoms with Gasteiger partial charge in [0.1, 0.15) is 23.5 Å². The zero-order valence-electron chi connectivity index (χ0n) is 26.9. The number of hydrogen-bond donors (Lipinski definition) is 4. The van der Waals surface area contributed by atoms with Crippen LogP contribution >= 0.6 is 22.9 Å². The summed E-state index contributed by atoms with van der Waals surface area (Å²) < 4.78 is 6.60. The van der Waals surface area contributed by atoms with Crippen molar-refractivity contribution in [2.45, 2.75) is 25.4 Å². The molecule has 4 amide bonds. The number of carbonyl (C=O) groups is 4. The van der Waals surface area contributed by atoms with Crippen LogP contribution < -0.4 is 21.3 Å². The van der Waals surface area contributed by atoms with Gasteiger partial charge in [-0.15, -0.1) is 11.3 Å². The molecule has 2 aliphatic heterocycles. The molecule has 1 fully saturated rings. The van der Waals surface area contributed by atoms with Gasteiger partial charge in [0.25, 0.3) is 5.91 Å². The Bertz CT molecular complexity index is 2140. The van der Waals surface area contributed by atoms with Gasteiger partial charge in [-0.3, -0.25) is 24.5 Å². The molecule has 0 bridgehead atoms. The van der Waals surface area contributed by atoms with E-state index < -0.39 is 11.9 Å². The van der Waals surface area contributed by atoms with E-state index in [1.165, 1.54) is 4.90 Å². The molecule has 7 rings (SSSR count). The average molecular weight is 710 g/mol. The highest BCUT2D eigenvalue weighted by Crippen LogP contribution is 2.37. The van der Waals surface area contributed by atoms with Crippen molar-refractivity contribution in [3.8, 4) is 21.7 Å². The summed E-state index contributed by atoms with van der Waals surface area (Å²) in [5.74, 6) is -0.592. The number of imide groups is 1. The second-order valence-electron chi connectivity index (χ2n) is 11.9. The number of thiazole rings is 1. The normalized spacial score (nSPS) is 15.6. The van der Waals surface area contributed by atoms with Gasteiger partial charge in [0.2, 0.25) is 17.7 Å². The molecule has 0 saturated carbocycles. The standard InChI is InChI=1S/C36H32ClN7O5S/c1-38-31-10-3-21(17-40-31)20-2-6-26(27(37)15-20)35-42-28-8-5-23(16-30(28)50-35)39-12-13-49-19-33(46)41-24-4-7-25-22(14-24)18-44(36(25)48)29-9-11-32(45)43-34(29)47/h2-8,10,14-17,29,39H,9,11-13,18-19H2,1H3,(H,38,40)(H,41,46)(H,43,45,47). The molecule has 0 radical (unpaired) electrons. The van der Waals surface area contributed by atoms with Gasteiger partial charge in [-0.2, -0.15) is 0 Å². The first-order chi connectivity index (χ1) is 24.2. The SMILES string of the molecule is CNc1ccc(-c2ccc(-c3nc4ccc(NCCOCC(=O)Nc5ccc6c(c5)CN(C5CCC(=O)NC5=O)C6=O)cc4s3)c(Cl)c2)cn1. The fourth-order valence-electron chi connectivity index (χ4n) is 6.01. The van der Waals surface area contributed by atoms with Gasteiger partial charge in [0.15, 0.2) is 0 Å². The van der Waals surface area contributed by atoms with Crippen molar-refractivity contribution < 1.29 is 23.9 Å². The van der Waals surface area contributed by atoms with Crippen LogP contribution in [0.25, 0.3) is 31.9 Å². The zero-order valence-corrected chi connectivity index (χ0v) is 28.5. The summed E-state index contributed by atoms with van der Waals surface area (Å²) in [7, 11) is 1.83. The number of benzene rings is 3. The molecular formula is C36H32ClN7O5S. The van der Waals surface area contributed by atoms with Crippen LogP contribution in [0.15, 0.2) is 72.9 Å². The van der Waals surface area contributed by atoms with E-state index in [1.54, 1.807) is 29.5 Å². The van der Waals surface area contributed by atoms with E-state index in [0.29, 0.717) is 35.0 Å². The maximum absolute atomic E-state index is 12.9. The molecule has 0 spiro atoms. The number of nitrogens with one attached hydrogen (secondary N) is 4. The highest BCUT2D eigenvalue weighted by atomic mass is 35.5. The van der Waals surface area contributed by atoms with Gasteiger partial charge in [0.05, 0.1) is 21.8 Å². The molecule has 5 aromatic rings. The predicted octanol–water partition coefficient (Wildman–Crippen LogP) is 5.55. The Kier molecular flexibility index (Phi) is 9.44. The summed E-state index contributed by atoms with van der Waals surface area (Å²) in [6, 6.07) is 20.1. The first kappa shape index (κ1) is 33.1. The van der Waals surface area contributed by atoms with E-state index in [4.69, 9.17) is 21.3 Å². The molecule has 14 heteroatoms. The molecule has 12 nitrogen and oxygen atoms in total. The van der Waals surface area contributed by atoms with Crippen molar-refractivity contribution in [1.29, 1.82) is 0 Å². The minimum Gasteiger partial charge on any atom is -0.383 e. The van der Waals surface area contributed by atoms with Crippen LogP contribution in [0.5, 0.6) is 0 Å². The Hall–Kier alpha value is -5.37. The molecular weight excluding hydrogens is 678 g/mol. The van der Waals surface area contributed by atoms with Crippen LogP contribution in [0.4, 0.5) is 17.2 Å². The van der Waals surface area contributed by atoms with Crippen LogP contribution in [-0.4, -0.2) is 71.3 Å². The van der Waals surface area contributed by atoms with Gasteiger partial charge in [0, 0.05) is 60.8 Å². The Balaban J connectivity index is 0.884. The smallest absolute Gasteiger partial charge is 0.255 e. The molecule has 2 aliphatic rings. The predicted molar refractivity (Wildman–Crippen MR) is 193 cm³/mol. The lowest BCUT2D eigenvalue weighted by molar-refractivity contribution is -0.137. The summed E-state index contributed by atoms with van der Waals surface area (Å²) in [6.45, 7) is 0.870. The number of nitrogens with zero attached hydrogens (tertiary/aromatic N) is 3. The molecule has 0 aliphatic carbocycles. The third-order valence-corrected chi connectivity index (χ3v) is 9.92. The van der Waals surface area contributed by atoms with Gasteiger partial charge in [-0.25, -0.2) is 9.97 Å². The number of piperidine rings is 1. The van der Waals surface area contributed by atoms with Crippen molar-refractivity contribution >= 4 is 74.0 Å². The lowest BCUT2D eigenvalue weighted by Crippen LogP contribution is -2.52. The second-order valence-corrected chi connectivity index (χ2v) is 13.3. The molecule has 1 atom stereocenters. The highest BCUT2D eigenvalue weighted by Gasteiger charge is 2.39. The number of halogens is 1. The molecule has 1 saturated heterocycles. The number of fused-ring (bicyclic) bond motifs is 2. The topological polar surface area (TPSA) is 155 Å². The van der Waals surface area contributed by atoms with Gasteiger partial charge in [-0.1, -0.05) is 17.7 Å². The largest absolute Gasteiger partial charge is 0.383 e. The van der Waals surface area contributed by atoms with Crippen LogP contribution in [0, 0.1) is 0 Å². The molecule has 1 unspecified atom stereocenters. The van der Waals surface area contributed by atoms with E-state index >= 15 is 0 Å². The monoisotopic (exact) mass is 709 g/mol. The van der Waals surface area contributed by atoms with Gasteiger partial charge < -0.3 is 25.6 Å². The van der Waals surface area contributed by atoms with Crippen LogP contribution in [0.1, 0.15) is 28.8 Å². The Morgan fingerprint density at radius 2 is 1.84 bits per heavy atom. The quantitative estimate of drug-likeness (QED) is 0.102. The Morgan fingerprint density at radius 1 is 1.02 bits per heavy atom. The van der Waals surface area contributed by atoms with Crippen LogP contribution in [0.2, 0.25) is 5.02 Å². The van der Waals surface area contributed by atoms with Crippen molar-refractivity contribution in [2.24, 2.45) is 0 Å². The number of ether oxygens (including phenoxy) is 1. The fourth-order valence-corrected chi connectivity index (χ4v) is 7.38. The summed E-state index contributed by atoms with van der Waals surface area (Å²) in [6.07, 6.45) is 2.29. The Morgan fingerprint density at radius 3 is 2.62 bits per heavy atom. The number of amides is 4. The number of carbonyl (C=O) groups excluding carboxylic acids is 4. The highest BCUT2D eigenvalue weighted by molar-refractivity contribution is 7.21. The summed E-state index contributed by atoms with van der Waals surface area (Å²) in [4.78, 5) is 59.9. The number of anilines is 3. The second kappa shape index (κ2) is 14.2. The van der Waals surface area contributed by atoms with Crippen LogP contribution in [0.3, 0.4) is 0 Å². The number of pyridine rings is 1. The van der Waals surface area contributed by atoms with Crippen molar-refractivity contribution in [1.82, 2.24) is 20.2 Å². The number of aromatic nitrogens is 2.